The normalized spacial score (nSPS) is 42.0. The molecule has 8 heterocycles. The summed E-state index contributed by atoms with van der Waals surface area (Å²) in [5.74, 6) is -2.51. The minimum Gasteiger partial charge on any atom is -0.508 e. The van der Waals surface area contributed by atoms with E-state index in [1.807, 2.05) is 81.9 Å². The SMILES string of the molecule is CN[C@H]1CSS[C@H]2CSS[C@@H](CNCCCc3ccccc3)[C@H]3C[C@@H]4[C@H]5C[C@@H]1[C@H](O)[C@]1(CC[C@@H]6C[C@H]7CC[C@H]8[C@@H]2c2cc(O)ccc2[C@]61[C@@H]78)[C@@H]5O[C@H]1[C@H](C(=O)Oc2c(CO)[nH]c5ccc6cc7ccccc7cc6c25)O[C@@](O)([C@@H]3O)[C@@]41O. The third-order valence-corrected chi connectivity index (χ3v) is 29.2. The highest BCUT2D eigenvalue weighted by atomic mass is 33.1. The molecule has 19 rings (SSSR count). The summed E-state index contributed by atoms with van der Waals surface area (Å²) in [5, 5.41) is 90.1. The zero-order valence-electron chi connectivity index (χ0n) is 45.9. The lowest BCUT2D eigenvalue weighted by atomic mass is 9.39. The number of aliphatic hydroxyl groups is 5. The number of fused-ring (bicyclic) bond motifs is 4. The van der Waals surface area contributed by atoms with E-state index in [0.29, 0.717) is 42.6 Å². The molecule has 6 aliphatic carbocycles. The highest BCUT2D eigenvalue weighted by molar-refractivity contribution is 8.78. The molecular weight excluding hydrogens is 1110 g/mol. The van der Waals surface area contributed by atoms with Crippen LogP contribution in [0, 0.1) is 52.8 Å². The van der Waals surface area contributed by atoms with E-state index in [-0.39, 0.29) is 63.3 Å². The Morgan fingerprint density at radius 3 is 2.48 bits per heavy atom. The van der Waals surface area contributed by atoms with E-state index in [0.717, 1.165) is 78.1 Å². The Hall–Kier alpha value is -3.53. The fraction of sp³-hybridized carbons (Fsp3) is 0.554. The van der Waals surface area contributed by atoms with Crippen LogP contribution in [0.25, 0.3) is 32.4 Å². The summed E-state index contributed by atoms with van der Waals surface area (Å²) < 4.78 is 21.4. The van der Waals surface area contributed by atoms with Crippen molar-refractivity contribution >= 4 is 81.6 Å². The quantitative estimate of drug-likeness (QED) is 0.0272. The largest absolute Gasteiger partial charge is 0.508 e. The summed E-state index contributed by atoms with van der Waals surface area (Å²) in [6.07, 6.45) is 0.866. The second-order valence-corrected chi connectivity index (χ2v) is 31.5. The van der Waals surface area contributed by atoms with Crippen LogP contribution in [0.3, 0.4) is 0 Å². The molecule has 9 N–H and O–H groups in total. The van der Waals surface area contributed by atoms with E-state index in [9.17, 15) is 30.6 Å². The van der Waals surface area contributed by atoms with Crippen molar-refractivity contribution in [1.82, 2.24) is 15.6 Å². The highest BCUT2D eigenvalue weighted by Gasteiger charge is 2.85. The number of aromatic hydroxyl groups is 1. The smallest absolute Gasteiger partial charge is 0.343 e. The Balaban J connectivity index is 0.881. The predicted molar refractivity (Wildman–Crippen MR) is 324 cm³/mol. The number of aliphatic hydroxyl groups excluding tert-OH is 3. The van der Waals surface area contributed by atoms with Gasteiger partial charge in [-0.15, -0.1) is 0 Å². The first kappa shape index (κ1) is 53.9. The number of aromatic amines is 1. The van der Waals surface area contributed by atoms with Crippen molar-refractivity contribution in [2.45, 2.75) is 134 Å². The minimum absolute atomic E-state index is 0.111. The van der Waals surface area contributed by atoms with Crippen molar-refractivity contribution in [2.24, 2.45) is 52.8 Å². The van der Waals surface area contributed by atoms with Gasteiger partial charge in [-0.1, -0.05) is 110 Å². The van der Waals surface area contributed by atoms with Gasteiger partial charge in [0.1, 0.15) is 18.0 Å². The topological polar surface area (TPSA) is 206 Å². The van der Waals surface area contributed by atoms with Crippen LogP contribution in [0.5, 0.6) is 11.5 Å². The van der Waals surface area contributed by atoms with Gasteiger partial charge < -0.3 is 60.5 Å². The summed E-state index contributed by atoms with van der Waals surface area (Å²) in [4.78, 5) is 19.1. The van der Waals surface area contributed by atoms with Crippen molar-refractivity contribution in [3.8, 4) is 11.5 Å². The Bertz CT molecular complexity index is 3500. The van der Waals surface area contributed by atoms with Gasteiger partial charge in [-0.05, 0) is 170 Å². The number of benzene rings is 5. The van der Waals surface area contributed by atoms with Crippen molar-refractivity contribution in [2.75, 3.05) is 31.6 Å². The molecule has 0 unspecified atom stereocenters. The Kier molecular flexibility index (Phi) is 13.2. The molecule has 1 aromatic heterocycles. The van der Waals surface area contributed by atoms with Crippen LogP contribution in [-0.4, -0.2) is 132 Å². The van der Waals surface area contributed by atoms with E-state index in [2.05, 4.69) is 70.2 Å². The molecule has 17 heteroatoms. The fourth-order valence-electron chi connectivity index (χ4n) is 20.3. The molecule has 21 atom stereocenters. The van der Waals surface area contributed by atoms with Gasteiger partial charge >= 0.3 is 5.97 Å². The van der Waals surface area contributed by atoms with Gasteiger partial charge in [0, 0.05) is 69.1 Å². The summed E-state index contributed by atoms with van der Waals surface area (Å²) >= 11 is 0. The molecule has 0 amide bonds. The van der Waals surface area contributed by atoms with Gasteiger partial charge in [0.25, 0.3) is 0 Å². The lowest BCUT2D eigenvalue weighted by molar-refractivity contribution is -0.381. The third-order valence-electron chi connectivity index (χ3n) is 23.1. The molecule has 82 heavy (non-hydrogen) atoms. The number of esters is 1. The number of phenolic OH excluding ortho intramolecular Hbond substituents is 1. The molecule has 7 aliphatic heterocycles. The number of hydrogen-bond acceptors (Lipinski definition) is 16. The zero-order valence-corrected chi connectivity index (χ0v) is 49.2. The first-order valence-corrected chi connectivity index (χ1v) is 34.9. The third kappa shape index (κ3) is 7.35. The zero-order chi connectivity index (χ0) is 55.6. The summed E-state index contributed by atoms with van der Waals surface area (Å²) in [5.41, 5.74) is 0.812. The number of carbonyl (C=O) groups excluding carboxylic acids is 1. The van der Waals surface area contributed by atoms with Crippen LogP contribution >= 0.6 is 43.2 Å². The summed E-state index contributed by atoms with van der Waals surface area (Å²) in [6.45, 7) is 0.768. The monoisotopic (exact) mass is 1180 g/mol. The number of H-pyrrole nitrogens is 1. The number of hydrogen-bond donors (Lipinski definition) is 9. The van der Waals surface area contributed by atoms with E-state index in [1.165, 1.54) is 16.7 Å². The average molecular weight is 1180 g/mol. The van der Waals surface area contributed by atoms with E-state index in [1.54, 1.807) is 10.8 Å². The van der Waals surface area contributed by atoms with Crippen LogP contribution in [-0.2, 0) is 32.7 Å². The molecule has 9 bridgehead atoms. The van der Waals surface area contributed by atoms with Crippen LogP contribution in [0.4, 0.5) is 0 Å². The molecule has 13 aliphatic rings. The van der Waals surface area contributed by atoms with Gasteiger partial charge in [-0.2, -0.15) is 0 Å². The Morgan fingerprint density at radius 1 is 0.829 bits per heavy atom. The molecule has 10 fully saturated rings. The number of rotatable bonds is 10. The van der Waals surface area contributed by atoms with Crippen LogP contribution < -0.4 is 15.4 Å². The predicted octanol–water partition coefficient (Wildman–Crippen LogP) is 8.97. The second kappa shape index (κ2) is 20.0. The van der Waals surface area contributed by atoms with E-state index >= 15 is 4.79 Å². The van der Waals surface area contributed by atoms with Gasteiger partial charge in [-0.3, -0.25) is 0 Å². The molecule has 5 saturated carbocycles. The molecule has 6 aromatic rings. The van der Waals surface area contributed by atoms with Crippen molar-refractivity contribution < 1.29 is 49.6 Å². The maximum Gasteiger partial charge on any atom is 0.343 e. The van der Waals surface area contributed by atoms with E-state index in [4.69, 9.17) is 14.2 Å². The lowest BCUT2D eigenvalue weighted by Crippen LogP contribution is -2.80. The standard InChI is InChI=1S/C65H73N3O10S4/c1-66-49-30-79-82-51-31-80-81-50(28-67-21-7-10-32-8-3-2-4-9-32)44-27-46-42-26-43(49)57(71)62(20-19-37-23-36-13-16-39-52(51)41-25-38(70)15-17-45(41)63(37,62)54(36)39)59(42)77-60-56(78-65(75,58(44)72)64(46,60)74)61(73)76-55-48(29-69)68-47-18-14-35-22-33-11-5-6-12-34(33)24-40(35)53(47)55/h2-6,8-9,11-12,14-15,17-18,22,24-25,36-37,39,42-44,46,49-52,54,56-60,66-72,74-75H,7,10,13,16,19-21,23,26-31H2,1H3/t36-,37-,39+,42-,43+,44-,46-,49+,50+,51+,52-,54+,56-,57+,58-,59-,60+,62-,63+,64-,65+/m1/s1. The summed E-state index contributed by atoms with van der Waals surface area (Å²) in [6, 6.07) is 32.7. The second-order valence-electron chi connectivity index (χ2n) is 26.1. The molecule has 5 saturated heterocycles. The molecular formula is C65H73N3O10S4. The van der Waals surface area contributed by atoms with Crippen molar-refractivity contribution in [1.29, 1.82) is 0 Å². The van der Waals surface area contributed by atoms with Crippen LogP contribution in [0.1, 0.15) is 79.7 Å². The van der Waals surface area contributed by atoms with Gasteiger partial charge in [-0.25, -0.2) is 4.79 Å². The first-order chi connectivity index (χ1) is 39.9. The van der Waals surface area contributed by atoms with Gasteiger partial charge in [0.15, 0.2) is 17.5 Å². The number of aromatic nitrogens is 1. The molecule has 432 valence electrons. The van der Waals surface area contributed by atoms with Gasteiger partial charge in [0.2, 0.25) is 5.79 Å². The number of phenols is 1. The molecule has 13 nitrogen and oxygen atoms in total. The van der Waals surface area contributed by atoms with Crippen molar-refractivity contribution in [3.63, 3.8) is 0 Å². The van der Waals surface area contributed by atoms with Crippen molar-refractivity contribution in [3.05, 3.63) is 119 Å². The minimum atomic E-state index is -2.69. The molecule has 5 aromatic carbocycles. The average Bonchev–Trinajstić information content (AvgIpc) is 1.44. The summed E-state index contributed by atoms with van der Waals surface area (Å²) in [7, 11) is 9.45. The number of ether oxygens (including phenoxy) is 3. The fourth-order valence-corrected chi connectivity index (χ4v) is 27.3. The number of carbonyl (C=O) groups is 1. The maximum absolute atomic E-state index is 15.8. The molecule has 0 radical (unpaired) electrons. The highest BCUT2D eigenvalue weighted by Crippen LogP contribution is 2.82. The Morgan fingerprint density at radius 2 is 1.65 bits per heavy atom. The number of aryl methyl sites for hydroxylation is 1. The van der Waals surface area contributed by atoms with Crippen LogP contribution in [0.2, 0.25) is 0 Å². The van der Waals surface area contributed by atoms with Crippen LogP contribution in [0.15, 0.2) is 97.1 Å². The lowest BCUT2D eigenvalue weighted by Gasteiger charge is -2.69. The maximum atomic E-state index is 15.8. The number of nitrogens with one attached hydrogen (secondary N) is 3. The first-order valence-electron chi connectivity index (χ1n) is 30.2. The molecule has 2 spiro atoms. The van der Waals surface area contributed by atoms with E-state index < -0.39 is 83.1 Å². The Labute approximate surface area is 493 Å². The van der Waals surface area contributed by atoms with Gasteiger partial charge in [0.05, 0.1) is 35.4 Å².